The van der Waals surface area contributed by atoms with Crippen LogP contribution in [0.1, 0.15) is 60.6 Å². The number of aromatic nitrogens is 2. The Morgan fingerprint density at radius 3 is 2.40 bits per heavy atom. The van der Waals surface area contributed by atoms with Gasteiger partial charge in [-0.3, -0.25) is 19.2 Å². The second-order valence-corrected chi connectivity index (χ2v) is 7.84. The van der Waals surface area contributed by atoms with Gasteiger partial charge in [0.25, 0.3) is 5.91 Å². The number of hydrogen-bond acceptors (Lipinski definition) is 4. The first-order valence-corrected chi connectivity index (χ1v) is 9.72. The fraction of sp³-hybridized carbons (Fsp3) is 0.737. The van der Waals surface area contributed by atoms with Crippen molar-refractivity contribution in [2.45, 2.75) is 51.5 Å². The monoisotopic (exact) mass is 344 g/mol. The summed E-state index contributed by atoms with van der Waals surface area (Å²) in [5.41, 5.74) is 1.75. The molecule has 0 bridgehead atoms. The van der Waals surface area contributed by atoms with Gasteiger partial charge in [-0.25, -0.2) is 0 Å². The van der Waals surface area contributed by atoms with Crippen LogP contribution in [0.5, 0.6) is 0 Å². The standard InChI is InChI=1S/C19H28N4O2/c1-14-17(12-20-23(14)16-4-2-3-5-16)19(25)22-10-8-21(9-11-22)13-18(24)15-6-7-15/h12,15-16H,2-11,13H2,1H3. The quantitative estimate of drug-likeness (QED) is 0.820. The van der Waals surface area contributed by atoms with Gasteiger partial charge in [-0.1, -0.05) is 12.8 Å². The van der Waals surface area contributed by atoms with E-state index in [4.69, 9.17) is 0 Å². The molecule has 25 heavy (non-hydrogen) atoms. The number of hydrogen-bond donors (Lipinski definition) is 0. The molecular weight excluding hydrogens is 316 g/mol. The molecule has 1 aromatic rings. The van der Waals surface area contributed by atoms with Crippen molar-refractivity contribution in [2.24, 2.45) is 5.92 Å². The van der Waals surface area contributed by atoms with Gasteiger partial charge in [-0.05, 0) is 32.6 Å². The van der Waals surface area contributed by atoms with E-state index in [2.05, 4.69) is 14.7 Å². The van der Waals surface area contributed by atoms with Gasteiger partial charge in [-0.15, -0.1) is 0 Å². The number of carbonyl (C=O) groups excluding carboxylic acids is 2. The first-order valence-electron chi connectivity index (χ1n) is 9.72. The number of amides is 1. The summed E-state index contributed by atoms with van der Waals surface area (Å²) in [5.74, 6) is 0.798. The largest absolute Gasteiger partial charge is 0.336 e. The average Bonchev–Trinajstić information content (AvgIpc) is 3.21. The Kier molecular flexibility index (Phi) is 4.63. The SMILES string of the molecule is Cc1c(C(=O)N2CCN(CC(=O)C3CC3)CC2)cnn1C1CCCC1. The van der Waals surface area contributed by atoms with Crippen molar-refractivity contribution in [1.82, 2.24) is 19.6 Å². The van der Waals surface area contributed by atoms with Crippen LogP contribution in [-0.2, 0) is 4.79 Å². The minimum Gasteiger partial charge on any atom is -0.336 e. The molecule has 1 saturated heterocycles. The van der Waals surface area contributed by atoms with E-state index in [0.717, 1.165) is 37.2 Å². The van der Waals surface area contributed by atoms with Crippen molar-refractivity contribution >= 4 is 11.7 Å². The van der Waals surface area contributed by atoms with Crippen molar-refractivity contribution in [3.63, 3.8) is 0 Å². The van der Waals surface area contributed by atoms with Crippen LogP contribution < -0.4 is 0 Å². The lowest BCUT2D eigenvalue weighted by Crippen LogP contribution is -2.50. The van der Waals surface area contributed by atoms with Crippen molar-refractivity contribution in [1.29, 1.82) is 0 Å². The Morgan fingerprint density at radius 1 is 1.08 bits per heavy atom. The lowest BCUT2D eigenvalue weighted by atomic mass is 10.1. The van der Waals surface area contributed by atoms with Crippen molar-refractivity contribution in [3.8, 4) is 0 Å². The van der Waals surface area contributed by atoms with E-state index in [1.54, 1.807) is 6.20 Å². The summed E-state index contributed by atoms with van der Waals surface area (Å²) in [6, 6.07) is 0.465. The molecule has 136 valence electrons. The summed E-state index contributed by atoms with van der Waals surface area (Å²) in [5, 5.41) is 4.51. The molecule has 1 aromatic heterocycles. The zero-order valence-corrected chi connectivity index (χ0v) is 15.1. The average molecular weight is 344 g/mol. The highest BCUT2D eigenvalue weighted by Crippen LogP contribution is 2.31. The van der Waals surface area contributed by atoms with Gasteiger partial charge < -0.3 is 4.90 Å². The van der Waals surface area contributed by atoms with E-state index in [1.807, 2.05) is 11.8 Å². The summed E-state index contributed by atoms with van der Waals surface area (Å²) in [6.45, 7) is 5.56. The topological polar surface area (TPSA) is 58.4 Å². The molecule has 0 radical (unpaired) electrons. The van der Waals surface area contributed by atoms with Gasteiger partial charge >= 0.3 is 0 Å². The number of ketones is 1. The Balaban J connectivity index is 1.35. The van der Waals surface area contributed by atoms with Gasteiger partial charge in [0, 0.05) is 37.8 Å². The van der Waals surface area contributed by atoms with Crippen molar-refractivity contribution < 1.29 is 9.59 Å². The Morgan fingerprint density at radius 2 is 1.76 bits per heavy atom. The minimum absolute atomic E-state index is 0.0925. The van der Waals surface area contributed by atoms with E-state index in [0.29, 0.717) is 37.4 Å². The Hall–Kier alpha value is -1.69. The molecule has 6 nitrogen and oxygen atoms in total. The predicted molar refractivity (Wildman–Crippen MR) is 94.5 cm³/mol. The molecule has 0 atom stereocenters. The van der Waals surface area contributed by atoms with E-state index in [-0.39, 0.29) is 5.91 Å². The number of nitrogens with zero attached hydrogens (tertiary/aromatic N) is 4. The second-order valence-electron chi connectivity index (χ2n) is 7.84. The first-order chi connectivity index (χ1) is 12.1. The lowest BCUT2D eigenvalue weighted by Gasteiger charge is -2.34. The molecule has 0 spiro atoms. The van der Waals surface area contributed by atoms with Gasteiger partial charge in [0.2, 0.25) is 0 Å². The molecule has 1 amide bonds. The highest BCUT2D eigenvalue weighted by molar-refractivity contribution is 5.95. The molecule has 2 heterocycles. The van der Waals surface area contributed by atoms with E-state index in [1.165, 1.54) is 25.7 Å². The summed E-state index contributed by atoms with van der Waals surface area (Å²) < 4.78 is 2.06. The molecular formula is C19H28N4O2. The van der Waals surface area contributed by atoms with Crippen LogP contribution >= 0.6 is 0 Å². The number of Topliss-reactive ketones (excluding diaryl/α,β-unsaturated/α-hetero) is 1. The van der Waals surface area contributed by atoms with Crippen LogP contribution in [0.2, 0.25) is 0 Å². The molecule has 2 aliphatic carbocycles. The first kappa shape index (κ1) is 16.8. The molecule has 3 aliphatic rings. The maximum Gasteiger partial charge on any atom is 0.257 e. The summed E-state index contributed by atoms with van der Waals surface area (Å²) >= 11 is 0. The highest BCUT2D eigenvalue weighted by Gasteiger charge is 2.32. The predicted octanol–water partition coefficient (Wildman–Crippen LogP) is 2.04. The van der Waals surface area contributed by atoms with E-state index in [9.17, 15) is 9.59 Å². The Labute approximate surface area is 149 Å². The maximum absolute atomic E-state index is 12.9. The zero-order valence-electron chi connectivity index (χ0n) is 15.1. The fourth-order valence-electron chi connectivity index (χ4n) is 4.18. The lowest BCUT2D eigenvalue weighted by molar-refractivity contribution is -0.121. The fourth-order valence-corrected chi connectivity index (χ4v) is 4.18. The van der Waals surface area contributed by atoms with Gasteiger partial charge in [0.1, 0.15) is 5.78 Å². The molecule has 1 aliphatic heterocycles. The number of rotatable bonds is 5. The van der Waals surface area contributed by atoms with Crippen LogP contribution in [0.4, 0.5) is 0 Å². The smallest absolute Gasteiger partial charge is 0.257 e. The highest BCUT2D eigenvalue weighted by atomic mass is 16.2. The zero-order chi connectivity index (χ0) is 17.4. The molecule has 2 saturated carbocycles. The van der Waals surface area contributed by atoms with Crippen molar-refractivity contribution in [3.05, 3.63) is 17.5 Å². The van der Waals surface area contributed by atoms with Gasteiger partial charge in [-0.2, -0.15) is 5.10 Å². The van der Waals surface area contributed by atoms with Crippen LogP contribution in [0, 0.1) is 12.8 Å². The summed E-state index contributed by atoms with van der Waals surface area (Å²) in [4.78, 5) is 28.9. The molecule has 3 fully saturated rings. The van der Waals surface area contributed by atoms with Gasteiger partial charge in [0.05, 0.1) is 24.3 Å². The third-order valence-electron chi connectivity index (χ3n) is 6.02. The van der Waals surface area contributed by atoms with Gasteiger partial charge in [0.15, 0.2) is 0 Å². The van der Waals surface area contributed by atoms with E-state index >= 15 is 0 Å². The molecule has 0 aromatic carbocycles. The maximum atomic E-state index is 12.9. The molecule has 6 heteroatoms. The van der Waals surface area contributed by atoms with Crippen LogP contribution in [0.15, 0.2) is 6.20 Å². The molecule has 0 N–H and O–H groups in total. The third kappa shape index (κ3) is 3.50. The number of piperazine rings is 1. The Bertz CT molecular complexity index is 650. The number of carbonyl (C=O) groups is 2. The second kappa shape index (κ2) is 6.90. The van der Waals surface area contributed by atoms with Crippen LogP contribution in [0.3, 0.4) is 0 Å². The third-order valence-corrected chi connectivity index (χ3v) is 6.02. The minimum atomic E-state index is 0.0925. The van der Waals surface area contributed by atoms with Crippen LogP contribution in [0.25, 0.3) is 0 Å². The molecule has 4 rings (SSSR count). The summed E-state index contributed by atoms with van der Waals surface area (Å²) in [6.07, 6.45) is 8.75. The normalized spacial score (nSPS) is 22.5. The summed E-state index contributed by atoms with van der Waals surface area (Å²) in [7, 11) is 0. The van der Waals surface area contributed by atoms with Crippen LogP contribution in [-0.4, -0.2) is 64.0 Å². The molecule has 0 unspecified atom stereocenters. The van der Waals surface area contributed by atoms with E-state index < -0.39 is 0 Å². The van der Waals surface area contributed by atoms with Crippen molar-refractivity contribution in [2.75, 3.05) is 32.7 Å².